The second kappa shape index (κ2) is 10.1. The summed E-state index contributed by atoms with van der Waals surface area (Å²) in [5, 5.41) is 10.5. The predicted molar refractivity (Wildman–Crippen MR) is 140 cm³/mol. The monoisotopic (exact) mass is 473 g/mol. The number of rotatable bonds is 6. The highest BCUT2D eigenvalue weighted by atomic mass is 16.2. The third-order valence-corrected chi connectivity index (χ3v) is 5.70. The summed E-state index contributed by atoms with van der Waals surface area (Å²) in [7, 11) is 0. The van der Waals surface area contributed by atoms with E-state index in [1.807, 2.05) is 61.5 Å². The SMILES string of the molecule is Cc1ccccc1-c1nn(-c2ccccc2)cc1C(=O)Nc1cccc(C(=O)Nc2ccncc2)c1. The van der Waals surface area contributed by atoms with Gasteiger partial charge in [0.15, 0.2) is 0 Å². The van der Waals surface area contributed by atoms with Crippen molar-refractivity contribution >= 4 is 23.2 Å². The average Bonchev–Trinajstić information content (AvgIpc) is 3.36. The normalized spacial score (nSPS) is 10.6. The van der Waals surface area contributed by atoms with Crippen LogP contribution in [0.5, 0.6) is 0 Å². The zero-order valence-electron chi connectivity index (χ0n) is 19.6. The molecule has 5 aromatic rings. The van der Waals surface area contributed by atoms with E-state index < -0.39 is 0 Å². The molecule has 0 radical (unpaired) electrons. The second-order valence-corrected chi connectivity index (χ2v) is 8.21. The Bertz CT molecular complexity index is 1530. The molecule has 2 heterocycles. The molecule has 0 aliphatic carbocycles. The number of para-hydroxylation sites is 1. The van der Waals surface area contributed by atoms with E-state index in [4.69, 9.17) is 5.10 Å². The van der Waals surface area contributed by atoms with Gasteiger partial charge in [-0.3, -0.25) is 14.6 Å². The molecule has 0 aliphatic heterocycles. The van der Waals surface area contributed by atoms with E-state index in [0.29, 0.717) is 28.2 Å². The molecule has 3 aromatic carbocycles. The van der Waals surface area contributed by atoms with E-state index in [2.05, 4.69) is 15.6 Å². The van der Waals surface area contributed by atoms with Crippen molar-refractivity contribution in [1.82, 2.24) is 14.8 Å². The Morgan fingerprint density at radius 3 is 2.25 bits per heavy atom. The number of anilines is 2. The Morgan fingerprint density at radius 2 is 1.47 bits per heavy atom. The van der Waals surface area contributed by atoms with Gasteiger partial charge in [0.05, 0.1) is 11.3 Å². The van der Waals surface area contributed by atoms with Crippen LogP contribution in [0.15, 0.2) is 110 Å². The number of aryl methyl sites for hydroxylation is 1. The molecule has 7 heteroatoms. The number of pyridine rings is 1. The van der Waals surface area contributed by atoms with Crippen molar-refractivity contribution in [3.05, 3.63) is 126 Å². The van der Waals surface area contributed by atoms with Crippen LogP contribution in [0.4, 0.5) is 11.4 Å². The topological polar surface area (TPSA) is 88.9 Å². The lowest BCUT2D eigenvalue weighted by Gasteiger charge is -2.09. The molecule has 2 N–H and O–H groups in total. The Balaban J connectivity index is 1.45. The molecule has 0 saturated carbocycles. The molecule has 0 atom stereocenters. The first-order valence-electron chi connectivity index (χ1n) is 11.4. The van der Waals surface area contributed by atoms with Crippen molar-refractivity contribution in [2.75, 3.05) is 10.6 Å². The zero-order valence-corrected chi connectivity index (χ0v) is 19.6. The molecular weight excluding hydrogens is 450 g/mol. The maximum Gasteiger partial charge on any atom is 0.259 e. The van der Waals surface area contributed by atoms with E-state index in [-0.39, 0.29) is 11.8 Å². The molecule has 2 amide bonds. The summed E-state index contributed by atoms with van der Waals surface area (Å²) in [6.45, 7) is 1.99. The summed E-state index contributed by atoms with van der Waals surface area (Å²) in [6.07, 6.45) is 4.94. The molecular formula is C29H23N5O2. The highest BCUT2D eigenvalue weighted by Crippen LogP contribution is 2.27. The maximum atomic E-state index is 13.5. The van der Waals surface area contributed by atoms with Gasteiger partial charge >= 0.3 is 0 Å². The van der Waals surface area contributed by atoms with Crippen LogP contribution in [0.2, 0.25) is 0 Å². The quantitative estimate of drug-likeness (QED) is 0.329. The fraction of sp³-hybridized carbons (Fsp3) is 0.0345. The maximum absolute atomic E-state index is 13.5. The average molecular weight is 474 g/mol. The van der Waals surface area contributed by atoms with Gasteiger partial charge in [-0.15, -0.1) is 0 Å². The van der Waals surface area contributed by atoms with E-state index in [0.717, 1.165) is 16.8 Å². The number of nitrogens with zero attached hydrogens (tertiary/aromatic N) is 3. The lowest BCUT2D eigenvalue weighted by molar-refractivity contribution is 0.101. The van der Waals surface area contributed by atoms with Gasteiger partial charge < -0.3 is 10.6 Å². The predicted octanol–water partition coefficient (Wildman–Crippen LogP) is 5.75. The Morgan fingerprint density at radius 1 is 0.750 bits per heavy atom. The summed E-state index contributed by atoms with van der Waals surface area (Å²) in [5.74, 6) is -0.600. The first-order valence-corrected chi connectivity index (χ1v) is 11.4. The van der Waals surface area contributed by atoms with Crippen molar-refractivity contribution in [1.29, 1.82) is 0 Å². The Kier molecular flexibility index (Phi) is 6.36. The van der Waals surface area contributed by atoms with Crippen LogP contribution in [-0.2, 0) is 0 Å². The number of carbonyl (C=O) groups is 2. The molecule has 0 aliphatic rings. The highest BCUT2D eigenvalue weighted by molar-refractivity contribution is 6.09. The van der Waals surface area contributed by atoms with Crippen molar-refractivity contribution in [3.8, 4) is 16.9 Å². The van der Waals surface area contributed by atoms with E-state index in [9.17, 15) is 9.59 Å². The Labute approximate surface area is 208 Å². The van der Waals surface area contributed by atoms with Gasteiger partial charge in [-0.1, -0.05) is 48.5 Å². The number of benzene rings is 3. The number of hydrogen-bond donors (Lipinski definition) is 2. The first kappa shape index (κ1) is 22.7. The van der Waals surface area contributed by atoms with Crippen LogP contribution >= 0.6 is 0 Å². The molecule has 0 fully saturated rings. The zero-order chi connectivity index (χ0) is 24.9. The van der Waals surface area contributed by atoms with Crippen LogP contribution in [0, 0.1) is 6.92 Å². The minimum absolute atomic E-state index is 0.283. The summed E-state index contributed by atoms with van der Waals surface area (Å²) in [4.78, 5) is 30.1. The minimum Gasteiger partial charge on any atom is -0.322 e. The molecule has 0 saturated heterocycles. The van der Waals surface area contributed by atoms with Crippen molar-refractivity contribution in [2.45, 2.75) is 6.92 Å². The molecule has 0 bridgehead atoms. The van der Waals surface area contributed by atoms with Crippen molar-refractivity contribution < 1.29 is 9.59 Å². The van der Waals surface area contributed by atoms with Crippen LogP contribution in [0.3, 0.4) is 0 Å². The molecule has 36 heavy (non-hydrogen) atoms. The Hall–Kier alpha value is -5.04. The standard InChI is InChI=1S/C29H23N5O2/c1-20-8-5-6-13-25(20)27-26(19-34(33-27)24-11-3-2-4-12-24)29(36)32-23-10-7-9-21(18-23)28(35)31-22-14-16-30-17-15-22/h2-19H,1H3,(H,32,36)(H,30,31,35). The summed E-state index contributed by atoms with van der Waals surface area (Å²) in [6, 6.07) is 27.7. The number of carbonyl (C=O) groups excluding carboxylic acids is 2. The van der Waals surface area contributed by atoms with Gasteiger partial charge in [-0.25, -0.2) is 4.68 Å². The first-order chi connectivity index (χ1) is 17.6. The van der Waals surface area contributed by atoms with Gasteiger partial charge in [-0.05, 0) is 55.0 Å². The third kappa shape index (κ3) is 4.90. The number of hydrogen-bond acceptors (Lipinski definition) is 4. The summed E-state index contributed by atoms with van der Waals surface area (Å²) >= 11 is 0. The fourth-order valence-corrected chi connectivity index (χ4v) is 3.87. The number of amides is 2. The number of aromatic nitrogens is 3. The van der Waals surface area contributed by atoms with E-state index >= 15 is 0 Å². The molecule has 7 nitrogen and oxygen atoms in total. The number of nitrogens with one attached hydrogen (secondary N) is 2. The second-order valence-electron chi connectivity index (χ2n) is 8.21. The fourth-order valence-electron chi connectivity index (χ4n) is 3.87. The summed E-state index contributed by atoms with van der Waals surface area (Å²) < 4.78 is 1.70. The smallest absolute Gasteiger partial charge is 0.259 e. The van der Waals surface area contributed by atoms with E-state index in [1.54, 1.807) is 59.7 Å². The molecule has 0 spiro atoms. The lowest BCUT2D eigenvalue weighted by Crippen LogP contribution is -2.15. The largest absolute Gasteiger partial charge is 0.322 e. The molecule has 176 valence electrons. The van der Waals surface area contributed by atoms with Crippen LogP contribution in [-0.4, -0.2) is 26.6 Å². The van der Waals surface area contributed by atoms with Crippen molar-refractivity contribution in [2.24, 2.45) is 0 Å². The molecule has 5 rings (SSSR count). The molecule has 0 unspecified atom stereocenters. The van der Waals surface area contributed by atoms with Crippen LogP contribution in [0.1, 0.15) is 26.3 Å². The third-order valence-electron chi connectivity index (χ3n) is 5.70. The van der Waals surface area contributed by atoms with Gasteiger partial charge in [0.1, 0.15) is 5.69 Å². The van der Waals surface area contributed by atoms with Gasteiger partial charge in [-0.2, -0.15) is 5.10 Å². The van der Waals surface area contributed by atoms with Crippen molar-refractivity contribution in [3.63, 3.8) is 0 Å². The minimum atomic E-state index is -0.317. The van der Waals surface area contributed by atoms with Gasteiger partial charge in [0.25, 0.3) is 11.8 Å². The van der Waals surface area contributed by atoms with Crippen LogP contribution < -0.4 is 10.6 Å². The van der Waals surface area contributed by atoms with Gasteiger partial charge in [0, 0.05) is 41.1 Å². The van der Waals surface area contributed by atoms with Crippen LogP contribution in [0.25, 0.3) is 16.9 Å². The molecule has 2 aromatic heterocycles. The van der Waals surface area contributed by atoms with Gasteiger partial charge in [0.2, 0.25) is 0 Å². The summed E-state index contributed by atoms with van der Waals surface area (Å²) in [5.41, 5.74) is 5.32. The highest BCUT2D eigenvalue weighted by Gasteiger charge is 2.20. The lowest BCUT2D eigenvalue weighted by atomic mass is 10.0. The van der Waals surface area contributed by atoms with E-state index in [1.165, 1.54) is 0 Å².